The number of pyridine rings is 1. The number of hydrogen-bond donors (Lipinski definition) is 0. The third-order valence-electron chi connectivity index (χ3n) is 3.38. The second kappa shape index (κ2) is 7.81. The first-order valence-electron chi connectivity index (χ1n) is 7.36. The predicted octanol–water partition coefficient (Wildman–Crippen LogP) is 3.97. The minimum absolute atomic E-state index is 0.420. The second-order valence-corrected chi connectivity index (χ2v) is 6.49. The summed E-state index contributed by atoms with van der Waals surface area (Å²) in [4.78, 5) is 5.66. The lowest BCUT2D eigenvalue weighted by Gasteiger charge is -2.10. The van der Waals surface area contributed by atoms with Crippen molar-refractivity contribution in [3.63, 3.8) is 0 Å². The van der Waals surface area contributed by atoms with E-state index in [0.29, 0.717) is 13.2 Å². The molecule has 1 atom stereocenters. The van der Waals surface area contributed by atoms with Gasteiger partial charge in [-0.2, -0.15) is 0 Å². The van der Waals surface area contributed by atoms with Crippen molar-refractivity contribution in [1.82, 2.24) is 4.98 Å². The zero-order valence-electron chi connectivity index (χ0n) is 12.6. The summed E-state index contributed by atoms with van der Waals surface area (Å²) in [5.74, 6) is 0. The summed E-state index contributed by atoms with van der Waals surface area (Å²) in [6, 6.07) is 21.0. The molecule has 0 amide bonds. The van der Waals surface area contributed by atoms with Gasteiger partial charge in [0.25, 0.3) is 0 Å². The normalized spacial score (nSPS) is 12.0. The molecule has 0 radical (unpaired) electrons. The van der Waals surface area contributed by atoms with Crippen LogP contribution in [0.25, 0.3) is 0 Å². The molecule has 0 aliphatic heterocycles. The van der Waals surface area contributed by atoms with Crippen molar-refractivity contribution in [3.8, 4) is 0 Å². The van der Waals surface area contributed by atoms with Crippen LogP contribution in [-0.2, 0) is 28.8 Å². The molecule has 23 heavy (non-hydrogen) atoms. The average molecular weight is 323 g/mol. The Morgan fingerprint density at radius 1 is 0.870 bits per heavy atom. The molecule has 2 aromatic carbocycles. The van der Waals surface area contributed by atoms with Gasteiger partial charge in [-0.15, -0.1) is 0 Å². The first-order valence-corrected chi connectivity index (χ1v) is 8.51. The van der Waals surface area contributed by atoms with Gasteiger partial charge >= 0.3 is 0 Å². The molecule has 0 fully saturated rings. The highest BCUT2D eigenvalue weighted by molar-refractivity contribution is 7.85. The molecular formula is C19H17NO2S. The van der Waals surface area contributed by atoms with Crippen molar-refractivity contribution in [2.24, 2.45) is 0 Å². The molecule has 0 saturated heterocycles. The van der Waals surface area contributed by atoms with Crippen LogP contribution in [0.4, 0.5) is 0 Å². The molecule has 0 aliphatic rings. The van der Waals surface area contributed by atoms with Gasteiger partial charge in [-0.3, -0.25) is 4.98 Å². The summed E-state index contributed by atoms with van der Waals surface area (Å²) >= 11 is 0. The van der Waals surface area contributed by atoms with Gasteiger partial charge in [0.2, 0.25) is 0 Å². The van der Waals surface area contributed by atoms with Crippen molar-refractivity contribution in [2.45, 2.75) is 23.0 Å². The maximum Gasteiger partial charge on any atom is 0.0853 e. The fourth-order valence-corrected chi connectivity index (χ4v) is 3.46. The number of benzene rings is 2. The highest BCUT2D eigenvalue weighted by atomic mass is 32.2. The molecule has 3 rings (SSSR count). The summed E-state index contributed by atoms with van der Waals surface area (Å²) in [6.07, 6.45) is 3.52. The molecule has 1 aromatic heterocycles. The first-order chi connectivity index (χ1) is 11.3. The lowest BCUT2D eigenvalue weighted by atomic mass is 10.2. The topological polar surface area (TPSA) is 39.2 Å². The van der Waals surface area contributed by atoms with Gasteiger partial charge in [0.05, 0.1) is 24.0 Å². The fourth-order valence-electron chi connectivity index (χ4n) is 2.24. The Labute approximate surface area is 138 Å². The average Bonchev–Trinajstić information content (AvgIpc) is 2.63. The molecule has 0 bridgehead atoms. The van der Waals surface area contributed by atoms with Gasteiger partial charge in [-0.25, -0.2) is 4.21 Å². The van der Waals surface area contributed by atoms with Crippen LogP contribution < -0.4 is 0 Å². The van der Waals surface area contributed by atoms with Crippen LogP contribution in [0.5, 0.6) is 0 Å². The fraction of sp³-hybridized carbons (Fsp3) is 0.105. The van der Waals surface area contributed by atoms with Crippen molar-refractivity contribution in [3.05, 3.63) is 90.3 Å². The van der Waals surface area contributed by atoms with Crippen LogP contribution in [0.2, 0.25) is 0 Å². The van der Waals surface area contributed by atoms with E-state index in [0.717, 1.165) is 20.9 Å². The Balaban J connectivity index is 1.72. The highest BCUT2D eigenvalue weighted by Gasteiger charge is 2.11. The molecule has 1 unspecified atom stereocenters. The lowest BCUT2D eigenvalue weighted by molar-refractivity contribution is 0.105. The smallest absolute Gasteiger partial charge is 0.0853 e. The zero-order valence-corrected chi connectivity index (χ0v) is 13.4. The van der Waals surface area contributed by atoms with Crippen molar-refractivity contribution < 1.29 is 8.95 Å². The first kappa shape index (κ1) is 15.6. The van der Waals surface area contributed by atoms with Gasteiger partial charge in [0.15, 0.2) is 0 Å². The molecule has 0 spiro atoms. The molecule has 116 valence electrons. The Kier molecular flexibility index (Phi) is 5.29. The van der Waals surface area contributed by atoms with E-state index in [1.54, 1.807) is 12.4 Å². The van der Waals surface area contributed by atoms with Crippen LogP contribution in [0, 0.1) is 0 Å². The monoisotopic (exact) mass is 323 g/mol. The molecule has 3 aromatic rings. The third-order valence-corrected chi connectivity index (χ3v) is 4.88. The Morgan fingerprint density at radius 3 is 2.43 bits per heavy atom. The van der Waals surface area contributed by atoms with E-state index in [2.05, 4.69) is 4.98 Å². The van der Waals surface area contributed by atoms with Gasteiger partial charge in [0.1, 0.15) is 0 Å². The molecule has 0 N–H and O–H groups in total. The number of aromatic nitrogens is 1. The van der Waals surface area contributed by atoms with Crippen molar-refractivity contribution in [1.29, 1.82) is 0 Å². The van der Waals surface area contributed by atoms with Crippen LogP contribution in [0.15, 0.2) is 88.9 Å². The molecule has 0 saturated carbocycles. The quantitative estimate of drug-likeness (QED) is 0.689. The summed E-state index contributed by atoms with van der Waals surface area (Å²) in [5, 5.41) is 0. The van der Waals surface area contributed by atoms with E-state index < -0.39 is 10.8 Å². The van der Waals surface area contributed by atoms with Gasteiger partial charge in [-0.1, -0.05) is 42.5 Å². The Morgan fingerprint density at radius 2 is 1.65 bits per heavy atom. The maximum atomic E-state index is 12.7. The summed E-state index contributed by atoms with van der Waals surface area (Å²) in [5.41, 5.74) is 1.97. The summed E-state index contributed by atoms with van der Waals surface area (Å²) < 4.78 is 18.5. The molecular weight excluding hydrogens is 306 g/mol. The minimum atomic E-state index is -1.20. The van der Waals surface area contributed by atoms with E-state index in [1.165, 1.54) is 0 Å². The molecule has 4 heteroatoms. The molecule has 1 heterocycles. The maximum absolute atomic E-state index is 12.7. The minimum Gasteiger partial charge on any atom is -0.372 e. The van der Waals surface area contributed by atoms with Crippen molar-refractivity contribution in [2.75, 3.05) is 0 Å². The summed E-state index contributed by atoms with van der Waals surface area (Å²) in [6.45, 7) is 0.907. The zero-order chi connectivity index (χ0) is 15.9. The Bertz CT molecular complexity index is 776. The van der Waals surface area contributed by atoms with Crippen LogP contribution in [0.3, 0.4) is 0 Å². The molecule has 3 nitrogen and oxygen atoms in total. The number of nitrogens with zero attached hydrogens (tertiary/aromatic N) is 1. The van der Waals surface area contributed by atoms with Gasteiger partial charge in [0, 0.05) is 22.2 Å². The van der Waals surface area contributed by atoms with Crippen LogP contribution in [-0.4, -0.2) is 9.19 Å². The summed E-state index contributed by atoms with van der Waals surface area (Å²) in [7, 11) is -1.20. The predicted molar refractivity (Wildman–Crippen MR) is 90.3 cm³/mol. The van der Waals surface area contributed by atoms with E-state index in [4.69, 9.17) is 4.74 Å². The van der Waals surface area contributed by atoms with Gasteiger partial charge < -0.3 is 4.74 Å². The number of hydrogen-bond acceptors (Lipinski definition) is 3. The lowest BCUT2D eigenvalue weighted by Crippen LogP contribution is -2.01. The standard InChI is InChI=1S/C19H17NO2S/c21-23(18-9-2-1-3-10-18)19-11-5-4-8-17(19)15-22-14-16-7-6-12-20-13-16/h1-13H,14-15H2. The Hall–Kier alpha value is -2.30. The SMILES string of the molecule is O=S(c1ccccc1)c1ccccc1COCc1cccnc1. The number of rotatable bonds is 6. The number of ether oxygens (including phenoxy) is 1. The van der Waals surface area contributed by atoms with E-state index >= 15 is 0 Å². The van der Waals surface area contributed by atoms with E-state index in [1.807, 2.05) is 66.7 Å². The van der Waals surface area contributed by atoms with E-state index in [-0.39, 0.29) is 0 Å². The molecule has 0 aliphatic carbocycles. The third kappa shape index (κ3) is 4.12. The second-order valence-electron chi connectivity index (χ2n) is 5.04. The van der Waals surface area contributed by atoms with Gasteiger partial charge in [-0.05, 0) is 35.4 Å². The van der Waals surface area contributed by atoms with Crippen LogP contribution >= 0.6 is 0 Å². The van der Waals surface area contributed by atoms with E-state index in [9.17, 15) is 4.21 Å². The van der Waals surface area contributed by atoms with Crippen LogP contribution in [0.1, 0.15) is 11.1 Å². The highest BCUT2D eigenvalue weighted by Crippen LogP contribution is 2.21. The largest absolute Gasteiger partial charge is 0.372 e. The van der Waals surface area contributed by atoms with Crippen molar-refractivity contribution >= 4 is 10.8 Å².